The molecule has 0 aliphatic heterocycles. The van der Waals surface area contributed by atoms with E-state index in [1.165, 1.54) is 18.2 Å². The van der Waals surface area contributed by atoms with Gasteiger partial charge in [0.05, 0.1) is 0 Å². The van der Waals surface area contributed by atoms with Crippen LogP contribution in [-0.4, -0.2) is 7.05 Å². The van der Waals surface area contributed by atoms with Gasteiger partial charge in [0, 0.05) is 30.2 Å². The third kappa shape index (κ3) is 3.32. The van der Waals surface area contributed by atoms with E-state index in [4.69, 9.17) is 0 Å². The standard InChI is InChI=1S/C15H14BrF2N/c1-19(10-11-4-2-5-12(17)8-11)15-7-3-6-14(18)13(15)9-16/h2-8H,9-10H2,1H3. The molecule has 19 heavy (non-hydrogen) atoms. The highest BCUT2D eigenvalue weighted by atomic mass is 79.9. The minimum Gasteiger partial charge on any atom is -0.370 e. The number of hydrogen-bond acceptors (Lipinski definition) is 1. The molecule has 2 rings (SSSR count). The lowest BCUT2D eigenvalue weighted by Gasteiger charge is -2.22. The quantitative estimate of drug-likeness (QED) is 0.748. The molecule has 0 fully saturated rings. The van der Waals surface area contributed by atoms with Crippen LogP contribution in [-0.2, 0) is 11.9 Å². The molecular weight excluding hydrogens is 312 g/mol. The monoisotopic (exact) mass is 325 g/mol. The van der Waals surface area contributed by atoms with Gasteiger partial charge in [-0.05, 0) is 29.8 Å². The van der Waals surface area contributed by atoms with Gasteiger partial charge in [-0.15, -0.1) is 0 Å². The van der Waals surface area contributed by atoms with Crippen LogP contribution in [0.1, 0.15) is 11.1 Å². The van der Waals surface area contributed by atoms with E-state index in [0.29, 0.717) is 17.4 Å². The zero-order valence-corrected chi connectivity index (χ0v) is 12.1. The van der Waals surface area contributed by atoms with Crippen LogP contribution in [0.5, 0.6) is 0 Å². The van der Waals surface area contributed by atoms with Gasteiger partial charge in [0.15, 0.2) is 0 Å². The minimum absolute atomic E-state index is 0.236. The van der Waals surface area contributed by atoms with E-state index >= 15 is 0 Å². The van der Waals surface area contributed by atoms with E-state index in [1.807, 2.05) is 24.1 Å². The van der Waals surface area contributed by atoms with Gasteiger partial charge in [-0.25, -0.2) is 8.78 Å². The van der Waals surface area contributed by atoms with Gasteiger partial charge < -0.3 is 4.90 Å². The van der Waals surface area contributed by atoms with Gasteiger partial charge in [-0.2, -0.15) is 0 Å². The van der Waals surface area contributed by atoms with Crippen molar-refractivity contribution < 1.29 is 8.78 Å². The van der Waals surface area contributed by atoms with Gasteiger partial charge in [-0.3, -0.25) is 0 Å². The zero-order valence-electron chi connectivity index (χ0n) is 10.5. The molecule has 100 valence electrons. The maximum atomic E-state index is 13.7. The predicted molar refractivity (Wildman–Crippen MR) is 77.5 cm³/mol. The van der Waals surface area contributed by atoms with Crippen molar-refractivity contribution in [2.24, 2.45) is 0 Å². The number of benzene rings is 2. The van der Waals surface area contributed by atoms with Crippen molar-refractivity contribution in [1.29, 1.82) is 0 Å². The molecule has 0 spiro atoms. The first-order chi connectivity index (χ1) is 9.11. The Hall–Kier alpha value is -1.42. The Balaban J connectivity index is 2.25. The molecule has 1 nitrogen and oxygen atoms in total. The molecule has 0 saturated heterocycles. The van der Waals surface area contributed by atoms with Gasteiger partial charge >= 0.3 is 0 Å². The summed E-state index contributed by atoms with van der Waals surface area (Å²) in [5.74, 6) is -0.494. The summed E-state index contributed by atoms with van der Waals surface area (Å²) in [5, 5.41) is 0.447. The Morgan fingerprint density at radius 3 is 2.53 bits per heavy atom. The molecule has 0 aliphatic rings. The van der Waals surface area contributed by atoms with E-state index in [-0.39, 0.29) is 11.6 Å². The Labute approximate surface area is 120 Å². The van der Waals surface area contributed by atoms with Crippen molar-refractivity contribution in [3.8, 4) is 0 Å². The lowest BCUT2D eigenvalue weighted by molar-refractivity contribution is 0.616. The molecule has 0 unspecified atom stereocenters. The fraction of sp³-hybridized carbons (Fsp3) is 0.200. The summed E-state index contributed by atoms with van der Waals surface area (Å²) < 4.78 is 26.8. The summed E-state index contributed by atoms with van der Waals surface area (Å²) in [7, 11) is 1.87. The van der Waals surface area contributed by atoms with Gasteiger partial charge in [0.2, 0.25) is 0 Å². The van der Waals surface area contributed by atoms with E-state index in [1.54, 1.807) is 12.1 Å². The van der Waals surface area contributed by atoms with Crippen LogP contribution < -0.4 is 4.90 Å². The summed E-state index contributed by atoms with van der Waals surface area (Å²) >= 11 is 3.30. The Morgan fingerprint density at radius 2 is 1.84 bits per heavy atom. The van der Waals surface area contributed by atoms with Crippen LogP contribution in [0, 0.1) is 11.6 Å². The Morgan fingerprint density at radius 1 is 1.11 bits per heavy atom. The first-order valence-corrected chi connectivity index (χ1v) is 7.03. The van der Waals surface area contributed by atoms with Crippen LogP contribution in [0.2, 0.25) is 0 Å². The van der Waals surface area contributed by atoms with Gasteiger partial charge in [-0.1, -0.05) is 34.1 Å². The molecule has 2 aromatic rings. The maximum Gasteiger partial charge on any atom is 0.129 e. The number of rotatable bonds is 4. The van der Waals surface area contributed by atoms with E-state index < -0.39 is 0 Å². The van der Waals surface area contributed by atoms with Crippen LogP contribution in [0.4, 0.5) is 14.5 Å². The zero-order chi connectivity index (χ0) is 13.8. The summed E-state index contributed by atoms with van der Waals surface area (Å²) in [6.07, 6.45) is 0. The number of nitrogens with zero attached hydrogens (tertiary/aromatic N) is 1. The molecule has 0 bridgehead atoms. The van der Waals surface area contributed by atoms with Crippen LogP contribution in [0.15, 0.2) is 42.5 Å². The van der Waals surface area contributed by atoms with E-state index in [2.05, 4.69) is 15.9 Å². The van der Waals surface area contributed by atoms with Crippen molar-refractivity contribution >= 4 is 21.6 Å². The van der Waals surface area contributed by atoms with E-state index in [9.17, 15) is 8.78 Å². The molecule has 0 N–H and O–H groups in total. The third-order valence-electron chi connectivity index (χ3n) is 2.95. The first-order valence-electron chi connectivity index (χ1n) is 5.90. The van der Waals surface area contributed by atoms with Crippen LogP contribution in [0.3, 0.4) is 0 Å². The van der Waals surface area contributed by atoms with Crippen LogP contribution in [0.25, 0.3) is 0 Å². The fourth-order valence-corrected chi connectivity index (χ4v) is 2.59. The van der Waals surface area contributed by atoms with Gasteiger partial charge in [0.1, 0.15) is 11.6 Å². The highest BCUT2D eigenvalue weighted by Gasteiger charge is 2.11. The van der Waals surface area contributed by atoms with Crippen molar-refractivity contribution in [2.75, 3.05) is 11.9 Å². The molecule has 0 heterocycles. The number of alkyl halides is 1. The average Bonchev–Trinajstić information content (AvgIpc) is 2.38. The number of anilines is 1. The fourth-order valence-electron chi connectivity index (χ4n) is 2.03. The summed E-state index contributed by atoms with van der Waals surface area (Å²) in [6.45, 7) is 0.529. The highest BCUT2D eigenvalue weighted by molar-refractivity contribution is 9.08. The molecule has 0 radical (unpaired) electrons. The summed E-state index contributed by atoms with van der Waals surface area (Å²) in [5.41, 5.74) is 2.27. The normalized spacial score (nSPS) is 10.5. The summed E-state index contributed by atoms with van der Waals surface area (Å²) in [4.78, 5) is 1.91. The smallest absolute Gasteiger partial charge is 0.129 e. The van der Waals surface area contributed by atoms with Crippen LogP contribution >= 0.6 is 15.9 Å². The number of halogens is 3. The van der Waals surface area contributed by atoms with Crippen molar-refractivity contribution in [3.63, 3.8) is 0 Å². The molecule has 0 aliphatic carbocycles. The molecule has 2 aromatic carbocycles. The first kappa shape index (κ1) is 14.0. The second-order valence-corrected chi connectivity index (χ2v) is 4.92. The molecular formula is C15H14BrF2N. The second kappa shape index (κ2) is 6.15. The lowest BCUT2D eigenvalue weighted by Crippen LogP contribution is -2.18. The van der Waals surface area contributed by atoms with Crippen molar-refractivity contribution in [3.05, 3.63) is 65.2 Å². The predicted octanol–water partition coefficient (Wildman–Crippen LogP) is 4.50. The summed E-state index contributed by atoms with van der Waals surface area (Å²) in [6, 6.07) is 11.4. The van der Waals surface area contributed by atoms with E-state index in [0.717, 1.165) is 11.3 Å². The average molecular weight is 326 g/mol. The Kier molecular flexibility index (Phi) is 4.53. The third-order valence-corrected chi connectivity index (χ3v) is 3.51. The topological polar surface area (TPSA) is 3.24 Å². The molecule has 0 atom stereocenters. The Bertz CT molecular complexity index is 572. The molecule has 4 heteroatoms. The SMILES string of the molecule is CN(Cc1cccc(F)c1)c1cccc(F)c1CBr. The minimum atomic E-state index is -0.258. The van der Waals surface area contributed by atoms with Gasteiger partial charge in [0.25, 0.3) is 0 Å². The molecule has 0 amide bonds. The highest BCUT2D eigenvalue weighted by Crippen LogP contribution is 2.25. The van der Waals surface area contributed by atoms with Crippen molar-refractivity contribution in [2.45, 2.75) is 11.9 Å². The largest absolute Gasteiger partial charge is 0.370 e. The molecule has 0 aromatic heterocycles. The maximum absolute atomic E-state index is 13.7. The molecule has 0 saturated carbocycles. The second-order valence-electron chi connectivity index (χ2n) is 4.36. The van der Waals surface area contributed by atoms with Crippen molar-refractivity contribution in [1.82, 2.24) is 0 Å². The number of hydrogen-bond donors (Lipinski definition) is 0. The lowest BCUT2D eigenvalue weighted by atomic mass is 10.1.